The van der Waals surface area contributed by atoms with E-state index in [0.29, 0.717) is 4.22 Å². The third kappa shape index (κ3) is 6.18. The standard InChI is InChI=1S/C24H27.C9H7.Ti/c1-4-12-21(13-5-1)14-10-11-19-24(23-17-8-3-9-18-23)20-22-15-6-2-7-16-22;1-2-5-9-7-3-6-8(9)4-1;/h1-2,4-7,11-13,15-16,19,23H,3,8-9,14,17-18,20H2;1-7H;. The van der Waals surface area contributed by atoms with Crippen LogP contribution in [0.4, 0.5) is 0 Å². The summed E-state index contributed by atoms with van der Waals surface area (Å²) in [4.78, 5) is 0. The Morgan fingerprint density at radius 2 is 1.35 bits per heavy atom. The van der Waals surface area contributed by atoms with E-state index in [1.54, 1.807) is 9.45 Å². The molecule has 34 heavy (non-hydrogen) atoms. The summed E-state index contributed by atoms with van der Waals surface area (Å²) in [5, 5.41) is 0. The molecule has 1 heteroatoms. The van der Waals surface area contributed by atoms with Crippen LogP contribution >= 0.6 is 0 Å². The summed E-state index contributed by atoms with van der Waals surface area (Å²) in [7, 11) is 0. The Balaban J connectivity index is 1.44. The third-order valence-electron chi connectivity index (χ3n) is 7.26. The van der Waals surface area contributed by atoms with Crippen LogP contribution in [0.15, 0.2) is 113 Å². The average Bonchev–Trinajstić information content (AvgIpc) is 3.31. The molecule has 0 amide bonds. The topological polar surface area (TPSA) is 0 Å². The molecule has 0 aromatic heterocycles. The van der Waals surface area contributed by atoms with Gasteiger partial charge < -0.3 is 0 Å². The van der Waals surface area contributed by atoms with Gasteiger partial charge in [0.2, 0.25) is 0 Å². The van der Waals surface area contributed by atoms with Crippen molar-refractivity contribution in [3.63, 3.8) is 0 Å². The van der Waals surface area contributed by atoms with Crippen molar-refractivity contribution >= 4 is 6.08 Å². The molecule has 0 saturated heterocycles. The van der Waals surface area contributed by atoms with Crippen molar-refractivity contribution in [2.24, 2.45) is 5.92 Å². The summed E-state index contributed by atoms with van der Waals surface area (Å²) in [6.45, 7) is 0. The van der Waals surface area contributed by atoms with Crippen LogP contribution in [0, 0.1) is 5.92 Å². The van der Waals surface area contributed by atoms with Crippen LogP contribution in [0.1, 0.15) is 58.6 Å². The van der Waals surface area contributed by atoms with E-state index in [9.17, 15) is 0 Å². The molecule has 0 bridgehead atoms. The number of fused-ring (bicyclic) bond motifs is 1. The molecule has 0 nitrogen and oxygen atoms in total. The Morgan fingerprint density at radius 3 is 2.09 bits per heavy atom. The fourth-order valence-electron chi connectivity index (χ4n) is 5.40. The zero-order valence-electron chi connectivity index (χ0n) is 20.0. The van der Waals surface area contributed by atoms with Crippen LogP contribution < -0.4 is 0 Å². The Kier molecular flexibility index (Phi) is 8.12. The minimum atomic E-state index is -0.308. The molecular weight excluding hydrogens is 444 g/mol. The van der Waals surface area contributed by atoms with E-state index in [4.69, 9.17) is 0 Å². The summed E-state index contributed by atoms with van der Waals surface area (Å²) < 4.78 is 2.26. The van der Waals surface area contributed by atoms with E-state index in [2.05, 4.69) is 109 Å². The summed E-state index contributed by atoms with van der Waals surface area (Å²) in [5.74, 6) is 0.746. The predicted molar refractivity (Wildman–Crippen MR) is 141 cm³/mol. The van der Waals surface area contributed by atoms with Crippen molar-refractivity contribution in [1.82, 2.24) is 0 Å². The van der Waals surface area contributed by atoms with Crippen molar-refractivity contribution in [1.29, 1.82) is 0 Å². The maximum atomic E-state index is 2.54. The first-order chi connectivity index (χ1) is 16.8. The van der Waals surface area contributed by atoms with Gasteiger partial charge in [-0.25, -0.2) is 0 Å². The molecule has 3 aromatic carbocycles. The number of benzene rings is 3. The zero-order valence-corrected chi connectivity index (χ0v) is 21.6. The molecule has 1 fully saturated rings. The molecule has 0 N–H and O–H groups in total. The second kappa shape index (κ2) is 11.8. The molecule has 0 aliphatic heterocycles. The van der Waals surface area contributed by atoms with Gasteiger partial charge in [-0.05, 0) is 0 Å². The van der Waals surface area contributed by atoms with Gasteiger partial charge in [0.1, 0.15) is 0 Å². The molecule has 170 valence electrons. The SMILES string of the molecule is C1=C[CH]([Ti][C](=CC=C(Cc2ccccc2)C2CCCCC2)Cc2ccccc2)c2ccccc21. The molecule has 3 aromatic rings. The second-order valence-electron chi connectivity index (χ2n) is 9.70. The fourth-order valence-corrected chi connectivity index (χ4v) is 7.74. The molecule has 1 saturated carbocycles. The van der Waals surface area contributed by atoms with Crippen LogP contribution in [0.3, 0.4) is 0 Å². The van der Waals surface area contributed by atoms with Gasteiger partial charge in [-0.1, -0.05) is 0 Å². The molecule has 2 aliphatic carbocycles. The van der Waals surface area contributed by atoms with E-state index in [-0.39, 0.29) is 19.2 Å². The first-order valence-corrected chi connectivity index (χ1v) is 14.5. The van der Waals surface area contributed by atoms with Gasteiger partial charge in [0.25, 0.3) is 0 Å². The molecule has 2 aliphatic rings. The second-order valence-corrected chi connectivity index (χ2v) is 12.1. The fraction of sp³-hybridized carbons (Fsp3) is 0.273. The van der Waals surface area contributed by atoms with Crippen LogP contribution in [0.2, 0.25) is 0 Å². The monoisotopic (exact) mass is 478 g/mol. The zero-order chi connectivity index (χ0) is 23.0. The van der Waals surface area contributed by atoms with Crippen molar-refractivity contribution in [3.05, 3.63) is 135 Å². The van der Waals surface area contributed by atoms with Gasteiger partial charge in [-0.3, -0.25) is 0 Å². The summed E-state index contributed by atoms with van der Waals surface area (Å²) in [6.07, 6.45) is 18.9. The van der Waals surface area contributed by atoms with Gasteiger partial charge in [0.05, 0.1) is 0 Å². The Labute approximate surface area is 214 Å². The van der Waals surface area contributed by atoms with Gasteiger partial charge >= 0.3 is 215 Å². The normalized spacial score (nSPS) is 18.6. The number of hydrogen-bond donors (Lipinski definition) is 0. The summed E-state index contributed by atoms with van der Waals surface area (Å²) in [5.41, 5.74) is 7.47. The Bertz CT molecular complexity index is 1150. The van der Waals surface area contributed by atoms with E-state index in [1.807, 2.05) is 0 Å². The molecule has 0 heterocycles. The number of hydrogen-bond acceptors (Lipinski definition) is 0. The average molecular weight is 479 g/mol. The van der Waals surface area contributed by atoms with Crippen molar-refractivity contribution in [3.8, 4) is 0 Å². The van der Waals surface area contributed by atoms with Crippen LogP contribution in [-0.4, -0.2) is 0 Å². The van der Waals surface area contributed by atoms with E-state index < -0.39 is 0 Å². The molecule has 1 unspecified atom stereocenters. The quantitative estimate of drug-likeness (QED) is 0.224. The van der Waals surface area contributed by atoms with Crippen molar-refractivity contribution in [2.45, 2.75) is 49.2 Å². The van der Waals surface area contributed by atoms with Gasteiger partial charge in [0.15, 0.2) is 0 Å². The summed E-state index contributed by atoms with van der Waals surface area (Å²) in [6, 6.07) is 31.1. The summed E-state index contributed by atoms with van der Waals surface area (Å²) >= 11 is -0.308. The van der Waals surface area contributed by atoms with Crippen molar-refractivity contribution < 1.29 is 19.2 Å². The minimum absolute atomic E-state index is 0.308. The maximum absolute atomic E-state index is 2.54. The number of rotatable bonds is 8. The van der Waals surface area contributed by atoms with Crippen LogP contribution in [0.25, 0.3) is 6.08 Å². The van der Waals surface area contributed by atoms with E-state index in [0.717, 1.165) is 18.8 Å². The van der Waals surface area contributed by atoms with Crippen molar-refractivity contribution in [2.75, 3.05) is 0 Å². The van der Waals surface area contributed by atoms with Crippen LogP contribution in [-0.2, 0) is 32.0 Å². The van der Waals surface area contributed by atoms with E-state index >= 15 is 0 Å². The first-order valence-electron chi connectivity index (χ1n) is 12.9. The van der Waals surface area contributed by atoms with E-state index in [1.165, 1.54) is 54.4 Å². The molecule has 5 rings (SSSR count). The van der Waals surface area contributed by atoms with Crippen LogP contribution in [0.5, 0.6) is 0 Å². The Hall–Kier alpha value is -2.41. The first kappa shape index (κ1) is 23.3. The molecule has 1 atom stereocenters. The van der Waals surface area contributed by atoms with Gasteiger partial charge in [-0.2, -0.15) is 0 Å². The molecule has 0 spiro atoms. The molecular formula is C33H34Ti. The molecule has 0 radical (unpaired) electrons. The third-order valence-corrected chi connectivity index (χ3v) is 9.64. The number of allylic oxidation sites excluding steroid dienone is 5. The van der Waals surface area contributed by atoms with Gasteiger partial charge in [0, 0.05) is 0 Å². The van der Waals surface area contributed by atoms with Gasteiger partial charge in [-0.15, -0.1) is 0 Å². The Morgan fingerprint density at radius 1 is 0.706 bits per heavy atom. The predicted octanol–water partition coefficient (Wildman–Crippen LogP) is 8.71.